The SMILES string of the molecule is Oc1ccc(OC2CCC2)cc1. The van der Waals surface area contributed by atoms with Crippen molar-refractivity contribution in [1.29, 1.82) is 0 Å². The summed E-state index contributed by atoms with van der Waals surface area (Å²) in [6.45, 7) is 0. The van der Waals surface area contributed by atoms with E-state index in [-0.39, 0.29) is 5.75 Å². The van der Waals surface area contributed by atoms with Crippen LogP contribution in [0, 0.1) is 0 Å². The van der Waals surface area contributed by atoms with Gasteiger partial charge in [-0.3, -0.25) is 0 Å². The molecule has 0 radical (unpaired) electrons. The molecule has 1 N–H and O–H groups in total. The Bertz CT molecular complexity index is 249. The van der Waals surface area contributed by atoms with E-state index in [2.05, 4.69) is 0 Å². The first-order valence-corrected chi connectivity index (χ1v) is 4.30. The molecule has 0 aliphatic heterocycles. The van der Waals surface area contributed by atoms with Gasteiger partial charge in [-0.2, -0.15) is 0 Å². The maximum Gasteiger partial charge on any atom is 0.119 e. The summed E-state index contributed by atoms with van der Waals surface area (Å²) in [5.41, 5.74) is 0. The van der Waals surface area contributed by atoms with Crippen molar-refractivity contribution in [2.45, 2.75) is 25.4 Å². The van der Waals surface area contributed by atoms with Gasteiger partial charge < -0.3 is 9.84 Å². The molecule has 1 saturated carbocycles. The van der Waals surface area contributed by atoms with Crippen LogP contribution in [0.4, 0.5) is 0 Å². The van der Waals surface area contributed by atoms with Gasteiger partial charge in [0.15, 0.2) is 0 Å². The summed E-state index contributed by atoms with van der Waals surface area (Å²) in [4.78, 5) is 0. The Morgan fingerprint density at radius 2 is 1.83 bits per heavy atom. The molecule has 0 unspecified atom stereocenters. The lowest BCUT2D eigenvalue weighted by Gasteiger charge is -2.26. The van der Waals surface area contributed by atoms with Crippen molar-refractivity contribution in [1.82, 2.24) is 0 Å². The zero-order chi connectivity index (χ0) is 8.39. The maximum atomic E-state index is 9.01. The lowest BCUT2D eigenvalue weighted by molar-refractivity contribution is 0.120. The summed E-state index contributed by atoms with van der Waals surface area (Å²) in [7, 11) is 0. The van der Waals surface area contributed by atoms with Crippen molar-refractivity contribution >= 4 is 0 Å². The number of ether oxygens (including phenoxy) is 1. The first-order valence-electron chi connectivity index (χ1n) is 4.30. The Labute approximate surface area is 71.8 Å². The van der Waals surface area contributed by atoms with Gasteiger partial charge in [0.1, 0.15) is 11.5 Å². The average Bonchev–Trinajstić information content (AvgIpc) is 2.00. The van der Waals surface area contributed by atoms with E-state index in [0.29, 0.717) is 6.10 Å². The minimum absolute atomic E-state index is 0.288. The number of benzene rings is 1. The minimum atomic E-state index is 0.288. The molecule has 0 saturated heterocycles. The minimum Gasteiger partial charge on any atom is -0.508 e. The second-order valence-corrected chi connectivity index (χ2v) is 3.16. The van der Waals surface area contributed by atoms with Gasteiger partial charge in [0.2, 0.25) is 0 Å². The molecule has 1 fully saturated rings. The highest BCUT2D eigenvalue weighted by Gasteiger charge is 2.18. The standard InChI is InChI=1S/C10H12O2/c11-8-4-6-10(7-5-8)12-9-2-1-3-9/h4-7,9,11H,1-3H2. The van der Waals surface area contributed by atoms with Crippen LogP contribution in [0.3, 0.4) is 0 Å². The first-order chi connectivity index (χ1) is 5.84. The highest BCUT2D eigenvalue weighted by molar-refractivity contribution is 5.30. The predicted molar refractivity (Wildman–Crippen MR) is 46.4 cm³/mol. The van der Waals surface area contributed by atoms with Crippen molar-refractivity contribution in [3.8, 4) is 11.5 Å². The van der Waals surface area contributed by atoms with Crippen LogP contribution in [-0.2, 0) is 0 Å². The van der Waals surface area contributed by atoms with Gasteiger partial charge in [-0.15, -0.1) is 0 Å². The van der Waals surface area contributed by atoms with Gasteiger partial charge in [-0.1, -0.05) is 0 Å². The maximum absolute atomic E-state index is 9.01. The summed E-state index contributed by atoms with van der Waals surface area (Å²) in [5, 5.41) is 9.01. The molecule has 64 valence electrons. The molecule has 0 bridgehead atoms. The molecule has 1 aromatic carbocycles. The quantitative estimate of drug-likeness (QED) is 0.726. The van der Waals surface area contributed by atoms with Crippen LogP contribution in [0.15, 0.2) is 24.3 Å². The van der Waals surface area contributed by atoms with Crippen molar-refractivity contribution < 1.29 is 9.84 Å². The van der Waals surface area contributed by atoms with Gasteiger partial charge in [0.25, 0.3) is 0 Å². The summed E-state index contributed by atoms with van der Waals surface area (Å²) in [6.07, 6.45) is 4.03. The largest absolute Gasteiger partial charge is 0.508 e. The average molecular weight is 164 g/mol. The van der Waals surface area contributed by atoms with Crippen molar-refractivity contribution in [3.63, 3.8) is 0 Å². The molecule has 0 aromatic heterocycles. The number of aromatic hydroxyl groups is 1. The number of phenolic OH excluding ortho intramolecular Hbond substituents is 1. The van der Waals surface area contributed by atoms with Gasteiger partial charge in [-0.05, 0) is 43.5 Å². The van der Waals surface area contributed by atoms with Crippen LogP contribution < -0.4 is 4.74 Å². The van der Waals surface area contributed by atoms with E-state index in [0.717, 1.165) is 5.75 Å². The van der Waals surface area contributed by atoms with Gasteiger partial charge >= 0.3 is 0 Å². The van der Waals surface area contributed by atoms with Crippen LogP contribution in [0.2, 0.25) is 0 Å². The molecule has 12 heavy (non-hydrogen) atoms. The molecular weight excluding hydrogens is 152 g/mol. The molecule has 2 rings (SSSR count). The molecule has 1 aliphatic carbocycles. The third-order valence-corrected chi connectivity index (χ3v) is 2.19. The second-order valence-electron chi connectivity index (χ2n) is 3.16. The molecule has 0 amide bonds. The molecule has 0 atom stereocenters. The molecular formula is C10H12O2. The van der Waals surface area contributed by atoms with E-state index in [4.69, 9.17) is 9.84 Å². The topological polar surface area (TPSA) is 29.5 Å². The highest BCUT2D eigenvalue weighted by atomic mass is 16.5. The van der Waals surface area contributed by atoms with Crippen molar-refractivity contribution in [2.24, 2.45) is 0 Å². The number of hydrogen-bond acceptors (Lipinski definition) is 2. The second kappa shape index (κ2) is 3.05. The van der Waals surface area contributed by atoms with Gasteiger partial charge in [-0.25, -0.2) is 0 Å². The third kappa shape index (κ3) is 1.52. The van der Waals surface area contributed by atoms with E-state index in [1.807, 2.05) is 0 Å². The third-order valence-electron chi connectivity index (χ3n) is 2.19. The highest BCUT2D eigenvalue weighted by Crippen LogP contribution is 2.25. The Hall–Kier alpha value is -1.18. The number of hydrogen-bond donors (Lipinski definition) is 1. The van der Waals surface area contributed by atoms with Gasteiger partial charge in [0, 0.05) is 0 Å². The lowest BCUT2D eigenvalue weighted by atomic mass is 9.96. The van der Waals surface area contributed by atoms with Crippen molar-refractivity contribution in [2.75, 3.05) is 0 Å². The zero-order valence-electron chi connectivity index (χ0n) is 6.86. The van der Waals surface area contributed by atoms with Crippen LogP contribution in [0.1, 0.15) is 19.3 Å². The van der Waals surface area contributed by atoms with Gasteiger partial charge in [0.05, 0.1) is 6.10 Å². The lowest BCUT2D eigenvalue weighted by Crippen LogP contribution is -2.24. The molecule has 1 aliphatic rings. The fraction of sp³-hybridized carbons (Fsp3) is 0.400. The normalized spacial score (nSPS) is 17.0. The van der Waals surface area contributed by atoms with E-state index in [1.165, 1.54) is 19.3 Å². The molecule has 1 aromatic rings. The summed E-state index contributed by atoms with van der Waals surface area (Å²) < 4.78 is 5.59. The Kier molecular flexibility index (Phi) is 1.90. The Balaban J connectivity index is 1.98. The number of rotatable bonds is 2. The van der Waals surface area contributed by atoms with Crippen LogP contribution in [0.5, 0.6) is 11.5 Å². The fourth-order valence-corrected chi connectivity index (χ4v) is 1.21. The van der Waals surface area contributed by atoms with Crippen LogP contribution in [-0.4, -0.2) is 11.2 Å². The molecule has 2 heteroatoms. The smallest absolute Gasteiger partial charge is 0.119 e. The fourth-order valence-electron chi connectivity index (χ4n) is 1.21. The Morgan fingerprint density at radius 1 is 1.17 bits per heavy atom. The van der Waals surface area contributed by atoms with E-state index < -0.39 is 0 Å². The van der Waals surface area contributed by atoms with Crippen LogP contribution in [0.25, 0.3) is 0 Å². The predicted octanol–water partition coefficient (Wildman–Crippen LogP) is 2.32. The van der Waals surface area contributed by atoms with E-state index in [9.17, 15) is 0 Å². The molecule has 2 nitrogen and oxygen atoms in total. The summed E-state index contributed by atoms with van der Waals surface area (Å²) in [6, 6.07) is 6.89. The van der Waals surface area contributed by atoms with Crippen LogP contribution >= 0.6 is 0 Å². The summed E-state index contributed by atoms with van der Waals surface area (Å²) in [5.74, 6) is 1.15. The zero-order valence-corrected chi connectivity index (χ0v) is 6.86. The number of phenols is 1. The Morgan fingerprint density at radius 3 is 2.33 bits per heavy atom. The van der Waals surface area contributed by atoms with E-state index >= 15 is 0 Å². The first kappa shape index (κ1) is 7.47. The summed E-state index contributed by atoms with van der Waals surface area (Å²) >= 11 is 0. The monoisotopic (exact) mass is 164 g/mol. The molecule has 0 heterocycles. The molecule has 0 spiro atoms. The van der Waals surface area contributed by atoms with E-state index in [1.54, 1.807) is 24.3 Å². The van der Waals surface area contributed by atoms with Crippen molar-refractivity contribution in [3.05, 3.63) is 24.3 Å².